The van der Waals surface area contributed by atoms with Crippen molar-refractivity contribution < 1.29 is 14.4 Å². The summed E-state index contributed by atoms with van der Waals surface area (Å²) in [4.78, 5) is 0. The van der Waals surface area contributed by atoms with Crippen LogP contribution in [-0.2, 0) is 6.61 Å². The summed E-state index contributed by atoms with van der Waals surface area (Å²) in [5, 5.41) is 13.8. The molecule has 0 atom stereocenters. The van der Waals surface area contributed by atoms with Crippen molar-refractivity contribution in [2.75, 3.05) is 7.11 Å². The number of aliphatic hydroxyl groups excluding tert-OH is 1. The van der Waals surface area contributed by atoms with E-state index in [2.05, 4.69) is 5.16 Å². The molecule has 0 saturated carbocycles. The first-order chi connectivity index (χ1) is 10.3. The fraction of sp³-hybridized carbons (Fsp3) is 0.118. The lowest BCUT2D eigenvalue weighted by Crippen LogP contribution is -1.89. The second-order valence-electron chi connectivity index (χ2n) is 4.59. The van der Waals surface area contributed by atoms with Crippen LogP contribution in [0.4, 0.5) is 0 Å². The van der Waals surface area contributed by atoms with E-state index in [1.54, 1.807) is 7.11 Å². The van der Waals surface area contributed by atoms with Crippen molar-refractivity contribution in [1.29, 1.82) is 0 Å². The van der Waals surface area contributed by atoms with Crippen LogP contribution in [0.5, 0.6) is 5.75 Å². The first-order valence-corrected chi connectivity index (χ1v) is 6.62. The largest absolute Gasteiger partial charge is 0.497 e. The molecule has 4 nitrogen and oxygen atoms in total. The van der Waals surface area contributed by atoms with E-state index in [-0.39, 0.29) is 6.61 Å². The van der Waals surface area contributed by atoms with Gasteiger partial charge < -0.3 is 14.4 Å². The van der Waals surface area contributed by atoms with Crippen molar-refractivity contribution in [3.8, 4) is 28.3 Å². The molecule has 0 unspecified atom stereocenters. The fourth-order valence-electron chi connectivity index (χ4n) is 2.27. The maximum atomic E-state index is 9.71. The summed E-state index contributed by atoms with van der Waals surface area (Å²) >= 11 is 0. The molecule has 1 aromatic heterocycles. The molecule has 0 aliphatic carbocycles. The lowest BCUT2D eigenvalue weighted by Gasteiger charge is -2.03. The predicted molar refractivity (Wildman–Crippen MR) is 79.8 cm³/mol. The Labute approximate surface area is 122 Å². The van der Waals surface area contributed by atoms with E-state index in [1.165, 1.54) is 0 Å². The minimum Gasteiger partial charge on any atom is -0.497 e. The van der Waals surface area contributed by atoms with E-state index in [4.69, 9.17) is 9.26 Å². The van der Waals surface area contributed by atoms with Crippen LogP contribution < -0.4 is 4.74 Å². The minimum atomic E-state index is -0.139. The zero-order chi connectivity index (χ0) is 14.7. The van der Waals surface area contributed by atoms with Crippen molar-refractivity contribution in [3.63, 3.8) is 0 Å². The molecule has 0 fully saturated rings. The second kappa shape index (κ2) is 5.81. The Kier molecular flexibility index (Phi) is 3.71. The van der Waals surface area contributed by atoms with Crippen LogP contribution in [0, 0.1) is 0 Å². The highest BCUT2D eigenvalue weighted by Crippen LogP contribution is 2.33. The van der Waals surface area contributed by atoms with Crippen LogP contribution in [-0.4, -0.2) is 17.4 Å². The van der Waals surface area contributed by atoms with E-state index in [9.17, 15) is 5.11 Å². The van der Waals surface area contributed by atoms with Crippen LogP contribution in [0.25, 0.3) is 22.6 Å². The van der Waals surface area contributed by atoms with Gasteiger partial charge in [0.2, 0.25) is 0 Å². The van der Waals surface area contributed by atoms with Gasteiger partial charge in [-0.3, -0.25) is 0 Å². The van der Waals surface area contributed by atoms with E-state index < -0.39 is 0 Å². The summed E-state index contributed by atoms with van der Waals surface area (Å²) in [5.41, 5.74) is 3.08. The van der Waals surface area contributed by atoms with Crippen molar-refractivity contribution in [3.05, 3.63) is 60.2 Å². The average molecular weight is 281 g/mol. The monoisotopic (exact) mass is 281 g/mol. The van der Waals surface area contributed by atoms with Gasteiger partial charge in [0.05, 0.1) is 19.3 Å². The van der Waals surface area contributed by atoms with E-state index in [1.807, 2.05) is 54.6 Å². The first kappa shape index (κ1) is 13.4. The topological polar surface area (TPSA) is 55.5 Å². The normalized spacial score (nSPS) is 10.6. The molecule has 106 valence electrons. The molecular formula is C17H15NO3. The minimum absolute atomic E-state index is 0.139. The molecule has 0 spiro atoms. The van der Waals surface area contributed by atoms with Gasteiger partial charge >= 0.3 is 0 Å². The lowest BCUT2D eigenvalue weighted by molar-refractivity contribution is 0.281. The molecular weight excluding hydrogens is 266 g/mol. The molecule has 0 saturated heterocycles. The van der Waals surface area contributed by atoms with Crippen molar-refractivity contribution >= 4 is 0 Å². The molecule has 0 radical (unpaired) electrons. The van der Waals surface area contributed by atoms with Gasteiger partial charge in [-0.05, 0) is 12.1 Å². The summed E-state index contributed by atoms with van der Waals surface area (Å²) in [6.45, 7) is -0.139. The van der Waals surface area contributed by atoms with Crippen LogP contribution in [0.2, 0.25) is 0 Å². The molecule has 0 bridgehead atoms. The van der Waals surface area contributed by atoms with E-state index >= 15 is 0 Å². The maximum Gasteiger partial charge on any atom is 0.173 e. The Hall–Kier alpha value is -2.59. The number of aliphatic hydroxyl groups is 1. The smallest absolute Gasteiger partial charge is 0.173 e. The highest BCUT2D eigenvalue weighted by molar-refractivity contribution is 5.72. The highest BCUT2D eigenvalue weighted by atomic mass is 16.5. The predicted octanol–water partition coefficient (Wildman–Crippen LogP) is 3.51. The number of aromatic nitrogens is 1. The van der Waals surface area contributed by atoms with Crippen molar-refractivity contribution in [2.24, 2.45) is 0 Å². The number of rotatable bonds is 4. The summed E-state index contributed by atoms with van der Waals surface area (Å²) in [5.74, 6) is 1.30. The number of hydrogen-bond acceptors (Lipinski definition) is 4. The Morgan fingerprint density at radius 1 is 1.05 bits per heavy atom. The Morgan fingerprint density at radius 2 is 1.81 bits per heavy atom. The summed E-state index contributed by atoms with van der Waals surface area (Å²) in [6.07, 6.45) is 0. The molecule has 4 heteroatoms. The quantitative estimate of drug-likeness (QED) is 0.795. The summed E-state index contributed by atoms with van der Waals surface area (Å²) < 4.78 is 10.7. The summed E-state index contributed by atoms with van der Waals surface area (Å²) in [7, 11) is 1.61. The molecule has 21 heavy (non-hydrogen) atoms. The first-order valence-electron chi connectivity index (χ1n) is 6.62. The van der Waals surface area contributed by atoms with Crippen LogP contribution >= 0.6 is 0 Å². The molecule has 3 rings (SSSR count). The van der Waals surface area contributed by atoms with Gasteiger partial charge in [0.1, 0.15) is 11.4 Å². The van der Waals surface area contributed by atoms with Gasteiger partial charge in [0.25, 0.3) is 0 Å². The molecule has 0 aliphatic heterocycles. The van der Waals surface area contributed by atoms with E-state index in [0.717, 1.165) is 16.9 Å². The number of methoxy groups -OCH3 is 1. The number of ether oxygens (including phenoxy) is 1. The molecule has 0 amide bonds. The number of benzene rings is 2. The van der Waals surface area contributed by atoms with Gasteiger partial charge in [-0.15, -0.1) is 0 Å². The van der Waals surface area contributed by atoms with Gasteiger partial charge in [0.15, 0.2) is 5.76 Å². The maximum absolute atomic E-state index is 9.71. The molecule has 1 N–H and O–H groups in total. The Balaban J connectivity index is 2.10. The van der Waals surface area contributed by atoms with Crippen LogP contribution in [0.15, 0.2) is 59.1 Å². The molecule has 0 aliphatic rings. The third-order valence-electron chi connectivity index (χ3n) is 3.33. The third kappa shape index (κ3) is 2.53. The van der Waals surface area contributed by atoms with Crippen molar-refractivity contribution in [1.82, 2.24) is 5.16 Å². The zero-order valence-electron chi connectivity index (χ0n) is 11.6. The van der Waals surface area contributed by atoms with Gasteiger partial charge in [-0.25, -0.2) is 0 Å². The lowest BCUT2D eigenvalue weighted by atomic mass is 10.0. The van der Waals surface area contributed by atoms with Crippen LogP contribution in [0.3, 0.4) is 0 Å². The van der Waals surface area contributed by atoms with Gasteiger partial charge in [-0.2, -0.15) is 0 Å². The van der Waals surface area contributed by atoms with Crippen LogP contribution in [0.1, 0.15) is 5.56 Å². The number of hydrogen-bond donors (Lipinski definition) is 1. The van der Waals surface area contributed by atoms with E-state index in [0.29, 0.717) is 17.0 Å². The third-order valence-corrected chi connectivity index (χ3v) is 3.33. The highest BCUT2D eigenvalue weighted by Gasteiger charge is 2.18. The summed E-state index contributed by atoms with van der Waals surface area (Å²) in [6, 6.07) is 17.2. The Bertz CT molecular complexity index is 735. The second-order valence-corrected chi connectivity index (χ2v) is 4.59. The standard InChI is InChI=1S/C17H15NO3/c1-20-14-9-5-8-13(10-14)17-15(11-19)16(18-21-17)12-6-3-2-4-7-12/h2-10,19H,11H2,1H3. The average Bonchev–Trinajstić information content (AvgIpc) is 2.99. The fourth-order valence-corrected chi connectivity index (χ4v) is 2.27. The van der Waals surface area contributed by atoms with Crippen molar-refractivity contribution in [2.45, 2.75) is 6.61 Å². The number of nitrogens with zero attached hydrogens (tertiary/aromatic N) is 1. The molecule has 3 aromatic rings. The zero-order valence-corrected chi connectivity index (χ0v) is 11.6. The Morgan fingerprint density at radius 3 is 2.52 bits per heavy atom. The van der Waals surface area contributed by atoms with Gasteiger partial charge in [-0.1, -0.05) is 47.6 Å². The SMILES string of the molecule is COc1cccc(-c2onc(-c3ccccc3)c2CO)c1. The van der Waals surface area contributed by atoms with Gasteiger partial charge in [0, 0.05) is 11.1 Å². The molecule has 1 heterocycles. The molecule has 2 aromatic carbocycles.